The van der Waals surface area contributed by atoms with Crippen molar-refractivity contribution in [2.75, 3.05) is 26.4 Å². The van der Waals surface area contributed by atoms with Gasteiger partial charge in [-0.3, -0.25) is 0 Å². The van der Waals surface area contributed by atoms with Gasteiger partial charge in [0.25, 0.3) is 0 Å². The number of hydrogen-bond acceptors (Lipinski definition) is 12. The van der Waals surface area contributed by atoms with Crippen LogP contribution in [0.1, 0.15) is 0 Å². The molecule has 0 aromatic carbocycles. The molecule has 0 saturated heterocycles. The zero-order valence-corrected chi connectivity index (χ0v) is 14.4. The summed E-state index contributed by atoms with van der Waals surface area (Å²) in [5.41, 5.74) is 0. The third kappa shape index (κ3) is 45.1. The zero-order chi connectivity index (χ0) is 20.0. The summed E-state index contributed by atoms with van der Waals surface area (Å²) < 4.78 is 0. The minimum Gasteiger partial charge on any atom is -0.539 e. The fourth-order valence-electron chi connectivity index (χ4n) is 0.149. The average Bonchev–Trinajstić information content (AvgIpc) is 2.66. The second-order valence-corrected chi connectivity index (χ2v) is 3.26. The van der Waals surface area contributed by atoms with Gasteiger partial charge in [-0.15, -0.1) is 0 Å². The first-order valence-corrected chi connectivity index (χ1v) is 5.90. The molecule has 0 radical (unpaired) electrons. The summed E-state index contributed by atoms with van der Waals surface area (Å²) in [4.78, 5) is 36.8. The van der Waals surface area contributed by atoms with Gasteiger partial charge in [0.05, 0.1) is 0 Å². The first-order valence-electron chi connectivity index (χ1n) is 5.90. The van der Waals surface area contributed by atoms with Crippen molar-refractivity contribution >= 4 is 25.1 Å². The van der Waals surface area contributed by atoms with Crippen LogP contribution in [-0.2, 0) is 40.9 Å². The molecule has 0 fully saturated rings. The van der Waals surface area contributed by atoms with Crippen LogP contribution in [0.4, 0.5) is 0 Å². The smallest absolute Gasteiger partial charge is 0.539 e. The van der Waals surface area contributed by atoms with Gasteiger partial charge in [0.2, 0.25) is 0 Å². The van der Waals surface area contributed by atoms with E-state index < -0.39 is 50.8 Å². The van der Waals surface area contributed by atoms with Crippen molar-refractivity contribution in [3.63, 3.8) is 0 Å². The predicted octanol–water partition coefficient (Wildman–Crippen LogP) is -6.21. The molecule has 0 saturated carbocycles. The van der Waals surface area contributed by atoms with E-state index in [1.807, 2.05) is 0 Å². The van der Waals surface area contributed by atoms with E-state index in [0.717, 1.165) is 0 Å². The van der Waals surface area contributed by atoms with Crippen molar-refractivity contribution in [2.24, 2.45) is 0 Å². The molecule has 0 aliphatic heterocycles. The molecule has 0 aromatic heterocycles. The van der Waals surface area contributed by atoms with Gasteiger partial charge in [-0.05, 0) is 24.4 Å². The van der Waals surface area contributed by atoms with E-state index >= 15 is 0 Å². The number of rotatable bonds is 8. The Morgan fingerprint density at radius 2 is 0.600 bits per heavy atom. The van der Waals surface area contributed by atoms with Gasteiger partial charge in [-0.1, -0.05) is 0 Å². The molecule has 0 spiro atoms. The average molecular weight is 404 g/mol. The standard InChI is InChI=1S/4C3H5O3.Ti/c4*4-1-3(6)2-5;/h4*3-4,6H,1H2;/q4*-1;+4. The van der Waals surface area contributed by atoms with Crippen molar-refractivity contribution in [2.45, 2.75) is 24.4 Å². The second-order valence-electron chi connectivity index (χ2n) is 3.26. The van der Waals surface area contributed by atoms with Gasteiger partial charge in [0.1, 0.15) is 0 Å². The maximum absolute atomic E-state index is 9.20. The van der Waals surface area contributed by atoms with Gasteiger partial charge < -0.3 is 60.0 Å². The summed E-state index contributed by atoms with van der Waals surface area (Å²) in [6, 6.07) is 0. The van der Waals surface area contributed by atoms with Crippen LogP contribution in [0, 0.1) is 0 Å². The van der Waals surface area contributed by atoms with Gasteiger partial charge in [-0.2, -0.15) is 0 Å². The third-order valence-corrected chi connectivity index (χ3v) is 1.24. The molecule has 0 heterocycles. The van der Waals surface area contributed by atoms with Gasteiger partial charge in [-0.25, -0.2) is 25.1 Å². The Kier molecular flexibility index (Phi) is 43.5. The SMILES string of the molecule is O=[C-]C(O)CO.O=[C-]C(O)CO.O=[C-]C(O)CO.O=[C-]C(O)CO.[Ti+4]. The second kappa shape index (κ2) is 30.9. The quantitative estimate of drug-likeness (QED) is 0.139. The molecule has 0 rings (SSSR count). The fourth-order valence-corrected chi connectivity index (χ4v) is 0.149. The van der Waals surface area contributed by atoms with Gasteiger partial charge in [0.15, 0.2) is 0 Å². The number of hydrogen-bond donors (Lipinski definition) is 8. The molecule has 0 aliphatic carbocycles. The molecule has 144 valence electrons. The molecule has 0 amide bonds. The number of aliphatic hydroxyl groups is 8. The molecular formula is C12H20O12Ti. The van der Waals surface area contributed by atoms with Crippen LogP contribution in [0.3, 0.4) is 0 Å². The summed E-state index contributed by atoms with van der Waals surface area (Å²) in [7, 11) is 0. The molecular weight excluding hydrogens is 384 g/mol. The fraction of sp³-hybridized carbons (Fsp3) is 0.667. The van der Waals surface area contributed by atoms with Crippen molar-refractivity contribution in [1.82, 2.24) is 0 Å². The van der Waals surface area contributed by atoms with E-state index in [1.165, 1.54) is 25.1 Å². The Balaban J connectivity index is -0.0000000702. The van der Waals surface area contributed by atoms with Crippen LogP contribution in [0.15, 0.2) is 0 Å². The van der Waals surface area contributed by atoms with Gasteiger partial charge in [0, 0.05) is 26.4 Å². The summed E-state index contributed by atoms with van der Waals surface area (Å²) in [6.45, 7) is -2.15. The van der Waals surface area contributed by atoms with E-state index in [9.17, 15) is 19.2 Å². The van der Waals surface area contributed by atoms with Crippen LogP contribution in [0.5, 0.6) is 0 Å². The van der Waals surface area contributed by atoms with Crippen molar-refractivity contribution < 1.29 is 81.7 Å². The molecule has 8 N–H and O–H groups in total. The Bertz CT molecular complexity index is 235. The van der Waals surface area contributed by atoms with Crippen molar-refractivity contribution in [3.8, 4) is 0 Å². The topological polar surface area (TPSA) is 230 Å². The van der Waals surface area contributed by atoms with E-state index in [2.05, 4.69) is 0 Å². The van der Waals surface area contributed by atoms with Crippen LogP contribution >= 0.6 is 0 Å². The molecule has 25 heavy (non-hydrogen) atoms. The molecule has 0 aliphatic rings. The first-order chi connectivity index (χ1) is 11.2. The summed E-state index contributed by atoms with van der Waals surface area (Å²) >= 11 is 0. The zero-order valence-electron chi connectivity index (χ0n) is 12.8. The molecule has 12 nitrogen and oxygen atoms in total. The Hall–Kier alpha value is -0.926. The Morgan fingerprint density at radius 3 is 0.600 bits per heavy atom. The van der Waals surface area contributed by atoms with E-state index in [-0.39, 0.29) is 21.7 Å². The minimum atomic E-state index is -1.31. The van der Waals surface area contributed by atoms with E-state index in [1.54, 1.807) is 0 Å². The first kappa shape index (κ1) is 35.2. The number of aliphatic hydroxyl groups excluding tert-OH is 8. The molecule has 0 bridgehead atoms. The minimum absolute atomic E-state index is 0. The predicted molar refractivity (Wildman–Crippen MR) is 75.1 cm³/mol. The van der Waals surface area contributed by atoms with Gasteiger partial charge >= 0.3 is 21.7 Å². The molecule has 4 unspecified atom stereocenters. The van der Waals surface area contributed by atoms with Crippen LogP contribution in [-0.4, -0.2) is 117 Å². The summed E-state index contributed by atoms with van der Waals surface area (Å²) in [6.07, 6.45) is -0.579. The maximum Gasteiger partial charge on any atom is 4.00 e. The summed E-state index contributed by atoms with van der Waals surface area (Å²) in [5, 5.41) is 63.3. The largest absolute Gasteiger partial charge is 4.00 e. The monoisotopic (exact) mass is 404 g/mol. The maximum atomic E-state index is 9.20. The number of carbonyl (C=O) groups excluding carboxylic acids is 4. The molecule has 13 heteroatoms. The normalized spacial score (nSPS) is 13.1. The summed E-state index contributed by atoms with van der Waals surface area (Å²) in [5.74, 6) is 0. The third-order valence-electron chi connectivity index (χ3n) is 1.24. The van der Waals surface area contributed by atoms with Crippen molar-refractivity contribution in [3.05, 3.63) is 0 Å². The molecule has 0 aromatic rings. The Morgan fingerprint density at radius 1 is 0.480 bits per heavy atom. The Labute approximate surface area is 158 Å². The van der Waals surface area contributed by atoms with E-state index in [0.29, 0.717) is 0 Å². The van der Waals surface area contributed by atoms with Crippen LogP contribution < -0.4 is 0 Å². The van der Waals surface area contributed by atoms with Crippen LogP contribution in [0.25, 0.3) is 0 Å². The molecule has 4 atom stereocenters. The van der Waals surface area contributed by atoms with E-state index in [4.69, 9.17) is 40.9 Å². The van der Waals surface area contributed by atoms with Crippen molar-refractivity contribution in [1.29, 1.82) is 0 Å². The van der Waals surface area contributed by atoms with Crippen LogP contribution in [0.2, 0.25) is 0 Å².